The highest BCUT2D eigenvalue weighted by Crippen LogP contribution is 2.29. The molecule has 0 spiro atoms. The van der Waals surface area contributed by atoms with E-state index in [1.807, 2.05) is 12.1 Å². The van der Waals surface area contributed by atoms with Crippen LogP contribution in [0.15, 0.2) is 24.5 Å². The van der Waals surface area contributed by atoms with Crippen LogP contribution < -0.4 is 4.90 Å². The van der Waals surface area contributed by atoms with Crippen molar-refractivity contribution >= 4 is 16.7 Å². The molecule has 1 aromatic heterocycles. The lowest BCUT2D eigenvalue weighted by Crippen LogP contribution is -2.34. The molecule has 1 atom stereocenters. The van der Waals surface area contributed by atoms with Crippen LogP contribution in [0.4, 0.5) is 5.69 Å². The first-order chi connectivity index (χ1) is 9.29. The number of nitriles is 1. The molecule has 4 heteroatoms. The van der Waals surface area contributed by atoms with Gasteiger partial charge in [-0.2, -0.15) is 5.26 Å². The van der Waals surface area contributed by atoms with E-state index in [1.54, 1.807) is 12.4 Å². The Morgan fingerprint density at radius 2 is 2.05 bits per heavy atom. The summed E-state index contributed by atoms with van der Waals surface area (Å²) >= 11 is 0. The lowest BCUT2D eigenvalue weighted by atomic mass is 9.99. The molecule has 0 saturated carbocycles. The van der Waals surface area contributed by atoms with Crippen LogP contribution in [0.5, 0.6) is 0 Å². The van der Waals surface area contributed by atoms with Crippen LogP contribution >= 0.6 is 0 Å². The Hall–Kier alpha value is -2.15. The molecular formula is C15H16N4. The number of rotatable bonds is 1. The maximum Gasteiger partial charge on any atom is 0.113 e. The van der Waals surface area contributed by atoms with Crippen molar-refractivity contribution in [3.8, 4) is 6.07 Å². The zero-order valence-electron chi connectivity index (χ0n) is 11.0. The van der Waals surface area contributed by atoms with E-state index in [0.717, 1.165) is 24.3 Å². The minimum atomic E-state index is 0.594. The molecular weight excluding hydrogens is 236 g/mol. The van der Waals surface area contributed by atoms with Gasteiger partial charge in [0.05, 0.1) is 11.3 Å². The Kier molecular flexibility index (Phi) is 3.04. The molecule has 19 heavy (non-hydrogen) atoms. The average Bonchev–Trinajstić information content (AvgIpc) is 2.46. The van der Waals surface area contributed by atoms with Gasteiger partial charge in [0.1, 0.15) is 17.1 Å². The first-order valence-electron chi connectivity index (χ1n) is 6.68. The highest BCUT2D eigenvalue weighted by molar-refractivity contribution is 5.91. The summed E-state index contributed by atoms with van der Waals surface area (Å²) in [5.74, 6) is 0.705. The molecule has 1 aliphatic heterocycles. The molecule has 2 aromatic rings. The number of fused-ring (bicyclic) bond motifs is 1. The number of benzene rings is 1. The Bertz CT molecular complexity index is 644. The average molecular weight is 252 g/mol. The molecule has 1 fully saturated rings. The maximum absolute atomic E-state index is 9.15. The highest BCUT2D eigenvalue weighted by Gasteiger charge is 2.19. The van der Waals surface area contributed by atoms with Crippen LogP contribution in [0, 0.1) is 17.2 Å². The van der Waals surface area contributed by atoms with Gasteiger partial charge >= 0.3 is 0 Å². The third-order valence-corrected chi connectivity index (χ3v) is 3.72. The molecule has 2 heterocycles. The fourth-order valence-corrected chi connectivity index (χ4v) is 2.80. The summed E-state index contributed by atoms with van der Waals surface area (Å²) < 4.78 is 0. The predicted molar refractivity (Wildman–Crippen MR) is 74.9 cm³/mol. The highest BCUT2D eigenvalue weighted by atomic mass is 15.1. The second kappa shape index (κ2) is 4.85. The molecule has 1 aliphatic rings. The molecule has 96 valence electrons. The van der Waals surface area contributed by atoms with Gasteiger partial charge in [-0.25, -0.2) is 0 Å². The molecule has 1 aromatic carbocycles. The summed E-state index contributed by atoms with van der Waals surface area (Å²) in [5.41, 5.74) is 3.25. The summed E-state index contributed by atoms with van der Waals surface area (Å²) in [4.78, 5) is 11.1. The molecule has 0 aliphatic carbocycles. The van der Waals surface area contributed by atoms with Crippen LogP contribution in [0.1, 0.15) is 25.3 Å². The van der Waals surface area contributed by atoms with Crippen molar-refractivity contribution in [2.75, 3.05) is 18.0 Å². The van der Waals surface area contributed by atoms with Crippen molar-refractivity contribution in [2.24, 2.45) is 5.92 Å². The number of anilines is 1. The number of aromatic nitrogens is 2. The van der Waals surface area contributed by atoms with Gasteiger partial charge in [-0.1, -0.05) is 6.92 Å². The van der Waals surface area contributed by atoms with E-state index < -0.39 is 0 Å². The summed E-state index contributed by atoms with van der Waals surface area (Å²) in [6.07, 6.45) is 5.84. The largest absolute Gasteiger partial charge is 0.369 e. The minimum Gasteiger partial charge on any atom is -0.369 e. The molecule has 0 amide bonds. The third kappa shape index (κ3) is 2.12. The van der Waals surface area contributed by atoms with Crippen LogP contribution in [0.2, 0.25) is 0 Å². The van der Waals surface area contributed by atoms with Gasteiger partial charge in [-0.15, -0.1) is 0 Å². The van der Waals surface area contributed by atoms with Crippen LogP contribution in [0.3, 0.4) is 0 Å². The van der Waals surface area contributed by atoms with Crippen molar-refractivity contribution in [3.63, 3.8) is 0 Å². The van der Waals surface area contributed by atoms with E-state index in [1.165, 1.54) is 12.8 Å². The molecule has 4 nitrogen and oxygen atoms in total. The SMILES string of the molecule is CC1CCCN(c2ccc(C#N)c3nccnc23)C1. The first kappa shape index (κ1) is 11.9. The van der Waals surface area contributed by atoms with Crippen molar-refractivity contribution in [1.82, 2.24) is 9.97 Å². The zero-order chi connectivity index (χ0) is 13.2. The molecule has 0 bridgehead atoms. The first-order valence-corrected chi connectivity index (χ1v) is 6.68. The standard InChI is InChI=1S/C15H16N4/c1-11-3-2-8-19(10-11)13-5-4-12(9-16)14-15(13)18-7-6-17-14/h4-7,11H,2-3,8,10H2,1H3. The van der Waals surface area contributed by atoms with E-state index in [4.69, 9.17) is 5.26 Å². The van der Waals surface area contributed by atoms with E-state index in [2.05, 4.69) is 27.9 Å². The maximum atomic E-state index is 9.15. The van der Waals surface area contributed by atoms with Crippen molar-refractivity contribution in [2.45, 2.75) is 19.8 Å². The van der Waals surface area contributed by atoms with Gasteiger partial charge in [-0.3, -0.25) is 9.97 Å². The molecule has 1 saturated heterocycles. The normalized spacial score (nSPS) is 19.4. The second-order valence-electron chi connectivity index (χ2n) is 5.19. The third-order valence-electron chi connectivity index (χ3n) is 3.72. The fourth-order valence-electron chi connectivity index (χ4n) is 2.80. The van der Waals surface area contributed by atoms with Gasteiger partial charge < -0.3 is 4.90 Å². The summed E-state index contributed by atoms with van der Waals surface area (Å²) in [6.45, 7) is 4.39. The molecule has 0 N–H and O–H groups in total. The van der Waals surface area contributed by atoms with Crippen LogP contribution in [-0.4, -0.2) is 23.1 Å². The Morgan fingerprint density at radius 1 is 1.26 bits per heavy atom. The molecule has 3 rings (SSSR count). The van der Waals surface area contributed by atoms with Crippen molar-refractivity contribution in [1.29, 1.82) is 5.26 Å². The Labute approximate surface area is 112 Å². The van der Waals surface area contributed by atoms with Gasteiger partial charge in [0.15, 0.2) is 0 Å². The quantitative estimate of drug-likeness (QED) is 0.783. The van der Waals surface area contributed by atoms with Crippen LogP contribution in [0.25, 0.3) is 11.0 Å². The van der Waals surface area contributed by atoms with Gasteiger partial charge in [-0.05, 0) is 30.9 Å². The summed E-state index contributed by atoms with van der Waals surface area (Å²) in [5, 5.41) is 9.15. The monoisotopic (exact) mass is 252 g/mol. The van der Waals surface area contributed by atoms with Gasteiger partial charge in [0.2, 0.25) is 0 Å². The second-order valence-corrected chi connectivity index (χ2v) is 5.19. The van der Waals surface area contributed by atoms with E-state index in [0.29, 0.717) is 17.0 Å². The van der Waals surface area contributed by atoms with Crippen LogP contribution in [-0.2, 0) is 0 Å². The summed E-state index contributed by atoms with van der Waals surface area (Å²) in [7, 11) is 0. The lowest BCUT2D eigenvalue weighted by Gasteiger charge is -2.33. The Balaban J connectivity index is 2.12. The van der Waals surface area contributed by atoms with Crippen molar-refractivity contribution in [3.05, 3.63) is 30.1 Å². The smallest absolute Gasteiger partial charge is 0.113 e. The number of hydrogen-bond acceptors (Lipinski definition) is 4. The van der Waals surface area contributed by atoms with Crippen molar-refractivity contribution < 1.29 is 0 Å². The Morgan fingerprint density at radius 3 is 2.79 bits per heavy atom. The summed E-state index contributed by atoms with van der Waals surface area (Å²) in [6, 6.07) is 6.05. The number of nitrogens with zero attached hydrogens (tertiary/aromatic N) is 4. The zero-order valence-corrected chi connectivity index (χ0v) is 11.0. The van der Waals surface area contributed by atoms with E-state index in [-0.39, 0.29) is 0 Å². The predicted octanol–water partition coefficient (Wildman–Crippen LogP) is 2.74. The lowest BCUT2D eigenvalue weighted by molar-refractivity contribution is 0.447. The number of hydrogen-bond donors (Lipinski definition) is 0. The molecule has 1 unspecified atom stereocenters. The van der Waals surface area contributed by atoms with E-state index >= 15 is 0 Å². The molecule has 0 radical (unpaired) electrons. The topological polar surface area (TPSA) is 52.8 Å². The fraction of sp³-hybridized carbons (Fsp3) is 0.400. The number of piperidine rings is 1. The van der Waals surface area contributed by atoms with Gasteiger partial charge in [0.25, 0.3) is 0 Å². The van der Waals surface area contributed by atoms with E-state index in [9.17, 15) is 0 Å². The minimum absolute atomic E-state index is 0.594. The van der Waals surface area contributed by atoms with Gasteiger partial charge in [0, 0.05) is 25.5 Å².